The summed E-state index contributed by atoms with van der Waals surface area (Å²) in [6.07, 6.45) is 3.88. The fraction of sp³-hybridized carbons (Fsp3) is 1.00. The normalized spacial score (nSPS) is 11.2. The van der Waals surface area contributed by atoms with Crippen LogP contribution in [-0.4, -0.2) is 55.0 Å². The van der Waals surface area contributed by atoms with E-state index in [4.69, 9.17) is 9.66 Å². The molecule has 0 aliphatic heterocycles. The summed E-state index contributed by atoms with van der Waals surface area (Å²) in [4.78, 5) is 2.54. The number of hydrogen-bond acceptors (Lipinski definition) is 4. The molecule has 0 aliphatic carbocycles. The van der Waals surface area contributed by atoms with Crippen molar-refractivity contribution >= 4 is 10.1 Å². The molecule has 0 amide bonds. The van der Waals surface area contributed by atoms with Crippen molar-refractivity contribution < 1.29 is 18.1 Å². The summed E-state index contributed by atoms with van der Waals surface area (Å²) in [5.74, 6) is -0.576. The van der Waals surface area contributed by atoms with Gasteiger partial charge in [0, 0.05) is 0 Å². The second-order valence-electron chi connectivity index (χ2n) is 3.85. The molecule has 0 aromatic carbocycles. The van der Waals surface area contributed by atoms with E-state index >= 15 is 0 Å². The summed E-state index contributed by atoms with van der Waals surface area (Å²) >= 11 is 0. The summed E-state index contributed by atoms with van der Waals surface area (Å²) in [7, 11) is -3.92. The molecule has 0 saturated heterocycles. The van der Waals surface area contributed by atoms with Gasteiger partial charge in [0.25, 0.3) is 10.1 Å². The van der Waals surface area contributed by atoms with Crippen LogP contribution in [0.5, 0.6) is 0 Å². The summed E-state index contributed by atoms with van der Waals surface area (Å²) in [5, 5.41) is 7.86. The lowest BCUT2D eigenvalue weighted by molar-refractivity contribution is 0.275. The molecule has 0 aliphatic rings. The molecule has 0 heterocycles. The number of hydrogen-bond donors (Lipinski definition) is 2. The molecule has 0 aromatic heterocycles. The number of aliphatic hydroxyl groups excluding tert-OH is 1. The zero-order valence-electron chi connectivity index (χ0n) is 11.2. The Hall–Kier alpha value is -0.170. The van der Waals surface area contributed by atoms with E-state index in [1.54, 1.807) is 0 Å². The van der Waals surface area contributed by atoms with Crippen LogP contribution >= 0.6 is 0 Å². The van der Waals surface area contributed by atoms with Crippen molar-refractivity contribution in [1.29, 1.82) is 0 Å². The zero-order chi connectivity index (χ0) is 13.7. The summed E-state index contributed by atoms with van der Waals surface area (Å²) < 4.78 is 27.1. The van der Waals surface area contributed by atoms with Crippen LogP contribution in [-0.2, 0) is 10.1 Å². The predicted octanol–water partition coefficient (Wildman–Crippen LogP) is 1.38. The SMILES string of the molecule is CCCN(CCC)CCC.O=S(=O)(O)CCO. The van der Waals surface area contributed by atoms with E-state index in [-0.39, 0.29) is 0 Å². The molecule has 5 nitrogen and oxygen atoms in total. The van der Waals surface area contributed by atoms with Crippen molar-refractivity contribution in [2.24, 2.45) is 0 Å². The van der Waals surface area contributed by atoms with Gasteiger partial charge in [-0.25, -0.2) is 0 Å². The Morgan fingerprint density at radius 1 is 0.941 bits per heavy atom. The largest absolute Gasteiger partial charge is 0.395 e. The van der Waals surface area contributed by atoms with Crippen molar-refractivity contribution in [3.8, 4) is 0 Å². The Kier molecular flexibility index (Phi) is 13.9. The van der Waals surface area contributed by atoms with Crippen molar-refractivity contribution in [3.63, 3.8) is 0 Å². The first kappa shape index (κ1) is 19.2. The molecule has 0 radical (unpaired) electrons. The maximum atomic E-state index is 9.63. The van der Waals surface area contributed by atoms with Gasteiger partial charge >= 0.3 is 0 Å². The lowest BCUT2D eigenvalue weighted by Crippen LogP contribution is -2.25. The van der Waals surface area contributed by atoms with Gasteiger partial charge in [-0.1, -0.05) is 20.8 Å². The third kappa shape index (κ3) is 18.4. The molecule has 0 aromatic rings. The van der Waals surface area contributed by atoms with E-state index in [1.165, 1.54) is 38.9 Å². The van der Waals surface area contributed by atoms with Crippen molar-refractivity contribution in [2.75, 3.05) is 32.0 Å². The minimum absolute atomic E-state index is 0.529. The second kappa shape index (κ2) is 12.3. The third-order valence-electron chi connectivity index (χ3n) is 1.97. The Balaban J connectivity index is 0. The Bertz CT molecular complexity index is 228. The van der Waals surface area contributed by atoms with Crippen LogP contribution in [0.1, 0.15) is 40.0 Å². The van der Waals surface area contributed by atoms with Crippen LogP contribution < -0.4 is 0 Å². The van der Waals surface area contributed by atoms with Gasteiger partial charge < -0.3 is 10.0 Å². The first-order valence-corrected chi connectivity index (χ1v) is 7.80. The Morgan fingerprint density at radius 3 is 1.41 bits per heavy atom. The van der Waals surface area contributed by atoms with E-state index in [0.717, 1.165) is 0 Å². The quantitative estimate of drug-likeness (QED) is 0.651. The standard InChI is InChI=1S/C9H21N.C2H6O4S/c1-4-7-10(8-5-2)9-6-3;3-1-2-7(4,5)6/h4-9H2,1-3H3;3H,1-2H2,(H,4,5,6). The van der Waals surface area contributed by atoms with Crippen molar-refractivity contribution in [2.45, 2.75) is 40.0 Å². The van der Waals surface area contributed by atoms with Crippen molar-refractivity contribution in [1.82, 2.24) is 4.90 Å². The van der Waals surface area contributed by atoms with E-state index < -0.39 is 22.5 Å². The molecule has 2 N–H and O–H groups in total. The van der Waals surface area contributed by atoms with Crippen molar-refractivity contribution in [3.05, 3.63) is 0 Å². The Labute approximate surface area is 106 Å². The molecular weight excluding hydrogens is 242 g/mol. The molecule has 0 atom stereocenters. The lowest BCUT2D eigenvalue weighted by Gasteiger charge is -2.19. The minimum atomic E-state index is -3.92. The van der Waals surface area contributed by atoms with Gasteiger partial charge in [0.05, 0.1) is 12.4 Å². The fourth-order valence-electron chi connectivity index (χ4n) is 1.40. The zero-order valence-corrected chi connectivity index (χ0v) is 12.0. The van der Waals surface area contributed by atoms with Crippen LogP contribution in [0.2, 0.25) is 0 Å². The van der Waals surface area contributed by atoms with Crippen LogP contribution in [0, 0.1) is 0 Å². The topological polar surface area (TPSA) is 77.8 Å². The molecule has 106 valence electrons. The van der Waals surface area contributed by atoms with Gasteiger partial charge in [-0.2, -0.15) is 8.42 Å². The van der Waals surface area contributed by atoms with E-state index in [0.29, 0.717) is 0 Å². The summed E-state index contributed by atoms with van der Waals surface area (Å²) in [6, 6.07) is 0. The van der Waals surface area contributed by atoms with Gasteiger partial charge in [-0.3, -0.25) is 4.55 Å². The van der Waals surface area contributed by atoms with Crippen LogP contribution in [0.4, 0.5) is 0 Å². The van der Waals surface area contributed by atoms with E-state index in [9.17, 15) is 8.42 Å². The number of rotatable bonds is 8. The molecule has 6 heteroatoms. The van der Waals surface area contributed by atoms with Gasteiger partial charge in [0.2, 0.25) is 0 Å². The highest BCUT2D eigenvalue weighted by molar-refractivity contribution is 7.85. The molecule has 17 heavy (non-hydrogen) atoms. The Morgan fingerprint density at radius 2 is 1.29 bits per heavy atom. The summed E-state index contributed by atoms with van der Waals surface area (Å²) in [6.45, 7) is 10.1. The highest BCUT2D eigenvalue weighted by atomic mass is 32.2. The highest BCUT2D eigenvalue weighted by Gasteiger charge is 1.99. The molecule has 0 saturated carbocycles. The fourth-order valence-corrected chi connectivity index (χ4v) is 1.63. The number of nitrogens with zero attached hydrogens (tertiary/aromatic N) is 1. The minimum Gasteiger partial charge on any atom is -0.395 e. The highest BCUT2D eigenvalue weighted by Crippen LogP contribution is 1.94. The predicted molar refractivity (Wildman–Crippen MR) is 70.8 cm³/mol. The van der Waals surface area contributed by atoms with E-state index in [1.807, 2.05) is 0 Å². The monoisotopic (exact) mass is 269 g/mol. The lowest BCUT2D eigenvalue weighted by atomic mass is 10.3. The van der Waals surface area contributed by atoms with Gasteiger partial charge in [-0.15, -0.1) is 0 Å². The summed E-state index contributed by atoms with van der Waals surface area (Å²) in [5.41, 5.74) is 0. The smallest absolute Gasteiger partial charge is 0.267 e. The van der Waals surface area contributed by atoms with Crippen LogP contribution in [0.3, 0.4) is 0 Å². The molecule has 0 spiro atoms. The van der Waals surface area contributed by atoms with Gasteiger partial charge in [0.15, 0.2) is 0 Å². The van der Waals surface area contributed by atoms with Crippen LogP contribution in [0.15, 0.2) is 0 Å². The average Bonchev–Trinajstić information content (AvgIpc) is 2.18. The molecule has 0 bridgehead atoms. The van der Waals surface area contributed by atoms with Gasteiger partial charge in [0.1, 0.15) is 0 Å². The third-order valence-corrected chi connectivity index (χ3v) is 2.67. The molecule has 0 fully saturated rings. The molecular formula is C11H27NO4S. The first-order chi connectivity index (χ1) is 7.91. The average molecular weight is 269 g/mol. The van der Waals surface area contributed by atoms with Gasteiger partial charge in [-0.05, 0) is 38.9 Å². The molecule has 0 rings (SSSR count). The first-order valence-electron chi connectivity index (χ1n) is 6.19. The van der Waals surface area contributed by atoms with E-state index in [2.05, 4.69) is 25.7 Å². The molecule has 0 unspecified atom stereocenters. The number of aliphatic hydroxyl groups is 1. The maximum absolute atomic E-state index is 9.63. The van der Waals surface area contributed by atoms with Crippen LogP contribution in [0.25, 0.3) is 0 Å². The maximum Gasteiger partial charge on any atom is 0.267 e. The second-order valence-corrected chi connectivity index (χ2v) is 5.42.